The van der Waals surface area contributed by atoms with Gasteiger partial charge in [-0.25, -0.2) is 0 Å². The van der Waals surface area contributed by atoms with Gasteiger partial charge in [-0.05, 0) is 18.2 Å². The van der Waals surface area contributed by atoms with Crippen molar-refractivity contribution in [3.63, 3.8) is 0 Å². The molecule has 1 aromatic carbocycles. The molecule has 0 spiro atoms. The van der Waals surface area contributed by atoms with E-state index in [0.717, 1.165) is 5.57 Å². The van der Waals surface area contributed by atoms with Crippen molar-refractivity contribution in [1.29, 1.82) is 0 Å². The second-order valence-corrected chi connectivity index (χ2v) is 3.35. The number of ether oxygens (including phenoxy) is 1. The van der Waals surface area contributed by atoms with Crippen molar-refractivity contribution in [2.75, 3.05) is 0 Å². The van der Waals surface area contributed by atoms with Gasteiger partial charge in [-0.2, -0.15) is 0 Å². The van der Waals surface area contributed by atoms with Crippen molar-refractivity contribution in [3.8, 4) is 17.2 Å². The molecule has 0 amide bonds. The molecule has 1 heterocycles. The van der Waals surface area contributed by atoms with Crippen molar-refractivity contribution >= 4 is 5.57 Å². The Morgan fingerprint density at radius 2 is 2.07 bits per heavy atom. The minimum atomic E-state index is -0.110. The number of hydrogen-bond acceptors (Lipinski definition) is 3. The molecule has 3 nitrogen and oxygen atoms in total. The topological polar surface area (TPSA) is 49.7 Å². The Balaban J connectivity index is 2.27. The van der Waals surface area contributed by atoms with Crippen molar-refractivity contribution in [2.45, 2.75) is 6.10 Å². The molecule has 1 atom stereocenters. The van der Waals surface area contributed by atoms with Crippen LogP contribution in [-0.2, 0) is 0 Å². The van der Waals surface area contributed by atoms with E-state index in [4.69, 9.17) is 4.74 Å². The highest BCUT2D eigenvalue weighted by Crippen LogP contribution is 2.48. The van der Waals surface area contributed by atoms with Crippen LogP contribution in [0.25, 0.3) is 5.57 Å². The van der Waals surface area contributed by atoms with Gasteiger partial charge in [0.25, 0.3) is 0 Å². The fraction of sp³-hybridized carbons (Fsp3) is 0.0909. The molecule has 1 unspecified atom stereocenters. The van der Waals surface area contributed by atoms with Gasteiger partial charge in [-0.3, -0.25) is 0 Å². The van der Waals surface area contributed by atoms with Crippen molar-refractivity contribution in [1.82, 2.24) is 0 Å². The first kappa shape index (κ1) is 7.50. The fourth-order valence-corrected chi connectivity index (χ4v) is 1.86. The zero-order valence-electron chi connectivity index (χ0n) is 7.27. The van der Waals surface area contributed by atoms with Crippen molar-refractivity contribution in [3.05, 3.63) is 35.9 Å². The number of aromatic hydroxyl groups is 2. The molecule has 2 N–H and O–H groups in total. The standard InChI is InChI=1S/C11H8O3/c12-7-4-5-9-10(11(7)13)6-2-1-3-8(6)14-9/h1-5,8,12-13H. The maximum Gasteiger partial charge on any atom is 0.169 e. The Morgan fingerprint density at radius 3 is 2.93 bits per heavy atom. The first-order valence-electron chi connectivity index (χ1n) is 4.38. The molecule has 0 saturated carbocycles. The SMILES string of the molecule is Oc1ccc2c(c1O)C1=CC=CC1O2. The normalized spacial score (nSPS) is 21.4. The van der Waals surface area contributed by atoms with Crippen LogP contribution in [0.4, 0.5) is 0 Å². The number of hydrogen-bond donors (Lipinski definition) is 2. The molecule has 1 aromatic rings. The van der Waals surface area contributed by atoms with Crippen molar-refractivity contribution in [2.24, 2.45) is 0 Å². The summed E-state index contributed by atoms with van der Waals surface area (Å²) >= 11 is 0. The van der Waals surface area contributed by atoms with Gasteiger partial charge in [0.05, 0.1) is 5.56 Å². The Kier molecular flexibility index (Phi) is 1.24. The van der Waals surface area contributed by atoms with Gasteiger partial charge in [0.15, 0.2) is 11.5 Å². The van der Waals surface area contributed by atoms with Crippen LogP contribution in [0.1, 0.15) is 5.56 Å². The van der Waals surface area contributed by atoms with E-state index in [1.165, 1.54) is 6.07 Å². The Bertz CT molecular complexity index is 472. The van der Waals surface area contributed by atoms with Crippen LogP contribution in [0.2, 0.25) is 0 Å². The fourth-order valence-electron chi connectivity index (χ4n) is 1.86. The van der Waals surface area contributed by atoms with Gasteiger partial charge in [0, 0.05) is 5.57 Å². The molecule has 0 radical (unpaired) electrons. The molecular weight excluding hydrogens is 180 g/mol. The van der Waals surface area contributed by atoms with E-state index < -0.39 is 0 Å². The molecule has 0 saturated heterocycles. The maximum atomic E-state index is 9.67. The summed E-state index contributed by atoms with van der Waals surface area (Å²) in [6, 6.07) is 3.09. The highest BCUT2D eigenvalue weighted by atomic mass is 16.5. The molecule has 3 heteroatoms. The number of benzene rings is 1. The van der Waals surface area contributed by atoms with E-state index in [-0.39, 0.29) is 17.6 Å². The van der Waals surface area contributed by atoms with E-state index >= 15 is 0 Å². The molecule has 2 aliphatic rings. The van der Waals surface area contributed by atoms with Crippen LogP contribution in [0.3, 0.4) is 0 Å². The second-order valence-electron chi connectivity index (χ2n) is 3.35. The molecule has 0 fully saturated rings. The molecular formula is C11H8O3. The summed E-state index contributed by atoms with van der Waals surface area (Å²) in [7, 11) is 0. The van der Waals surface area contributed by atoms with E-state index in [9.17, 15) is 10.2 Å². The lowest BCUT2D eigenvalue weighted by Crippen LogP contribution is -2.04. The third-order valence-electron chi connectivity index (χ3n) is 2.53. The van der Waals surface area contributed by atoms with E-state index in [1.807, 2.05) is 18.2 Å². The molecule has 0 aromatic heterocycles. The lowest BCUT2D eigenvalue weighted by Gasteiger charge is -2.02. The van der Waals surface area contributed by atoms with Gasteiger partial charge in [0.2, 0.25) is 0 Å². The first-order chi connectivity index (χ1) is 6.77. The predicted octanol–water partition coefficient (Wildman–Crippen LogP) is 1.81. The minimum Gasteiger partial charge on any atom is -0.504 e. The van der Waals surface area contributed by atoms with Crippen LogP contribution in [0, 0.1) is 0 Å². The van der Waals surface area contributed by atoms with Gasteiger partial charge >= 0.3 is 0 Å². The summed E-state index contributed by atoms with van der Waals surface area (Å²) in [5.41, 5.74) is 1.52. The van der Waals surface area contributed by atoms with Crippen LogP contribution in [0.15, 0.2) is 30.4 Å². The summed E-state index contributed by atoms with van der Waals surface area (Å²) in [5.74, 6) is 0.418. The molecule has 0 bridgehead atoms. The predicted molar refractivity (Wildman–Crippen MR) is 51.3 cm³/mol. The van der Waals surface area contributed by atoms with E-state index in [0.29, 0.717) is 11.3 Å². The molecule has 1 aliphatic heterocycles. The average Bonchev–Trinajstić information content (AvgIpc) is 2.70. The Labute approximate surface area is 80.6 Å². The summed E-state index contributed by atoms with van der Waals surface area (Å²) in [4.78, 5) is 0. The van der Waals surface area contributed by atoms with Gasteiger partial charge in [-0.15, -0.1) is 0 Å². The highest BCUT2D eigenvalue weighted by molar-refractivity contribution is 5.86. The monoisotopic (exact) mass is 188 g/mol. The van der Waals surface area contributed by atoms with Gasteiger partial charge in [-0.1, -0.05) is 12.2 Å². The number of allylic oxidation sites excluding steroid dienone is 2. The van der Waals surface area contributed by atoms with Crippen molar-refractivity contribution < 1.29 is 14.9 Å². The summed E-state index contributed by atoms with van der Waals surface area (Å²) < 4.78 is 5.54. The zero-order valence-corrected chi connectivity index (χ0v) is 7.27. The average molecular weight is 188 g/mol. The smallest absolute Gasteiger partial charge is 0.169 e. The molecule has 1 aliphatic carbocycles. The lowest BCUT2D eigenvalue weighted by atomic mass is 10.0. The molecule has 3 rings (SSSR count). The quantitative estimate of drug-likeness (QED) is 0.610. The minimum absolute atomic E-state index is 0.0973. The Hall–Kier alpha value is -1.90. The van der Waals surface area contributed by atoms with E-state index in [2.05, 4.69) is 0 Å². The number of rotatable bonds is 0. The third-order valence-corrected chi connectivity index (χ3v) is 2.53. The molecule has 14 heavy (non-hydrogen) atoms. The largest absolute Gasteiger partial charge is 0.504 e. The molecule has 70 valence electrons. The summed E-state index contributed by atoms with van der Waals surface area (Å²) in [6.45, 7) is 0. The van der Waals surface area contributed by atoms with E-state index in [1.54, 1.807) is 6.07 Å². The van der Waals surface area contributed by atoms with Gasteiger partial charge in [0.1, 0.15) is 11.9 Å². The van der Waals surface area contributed by atoms with Crippen LogP contribution >= 0.6 is 0 Å². The third kappa shape index (κ3) is 0.763. The maximum absolute atomic E-state index is 9.67. The summed E-state index contributed by atoms with van der Waals surface area (Å²) in [6.07, 6.45) is 5.58. The number of fused-ring (bicyclic) bond motifs is 3. The first-order valence-corrected chi connectivity index (χ1v) is 4.38. The van der Waals surface area contributed by atoms with Gasteiger partial charge < -0.3 is 14.9 Å². The van der Waals surface area contributed by atoms with Crippen LogP contribution in [-0.4, -0.2) is 16.3 Å². The summed E-state index contributed by atoms with van der Waals surface area (Å²) in [5, 5.41) is 19.0. The van der Waals surface area contributed by atoms with Crippen LogP contribution < -0.4 is 4.74 Å². The number of phenolic OH excluding ortho intramolecular Hbond substituents is 2. The Morgan fingerprint density at radius 1 is 1.21 bits per heavy atom. The number of phenols is 2. The van der Waals surface area contributed by atoms with Crippen LogP contribution in [0.5, 0.6) is 17.2 Å². The second kappa shape index (κ2) is 2.32. The zero-order chi connectivity index (χ0) is 9.71. The highest BCUT2D eigenvalue weighted by Gasteiger charge is 2.32. The lowest BCUT2D eigenvalue weighted by molar-refractivity contribution is 0.323.